The van der Waals surface area contributed by atoms with Crippen molar-refractivity contribution in [3.05, 3.63) is 53.4 Å². The maximum atomic E-state index is 13.0. The predicted octanol–water partition coefficient (Wildman–Crippen LogP) is 3.20. The molecule has 1 fully saturated rings. The highest BCUT2D eigenvalue weighted by atomic mass is 35.5. The van der Waals surface area contributed by atoms with Crippen LogP contribution in [-0.2, 0) is 10.0 Å². The molecule has 10 heteroatoms. The summed E-state index contributed by atoms with van der Waals surface area (Å²) in [6.45, 7) is 0.472. The molecule has 152 valence electrons. The Balaban J connectivity index is 1.52. The number of sulfonamides is 1. The fourth-order valence-corrected chi connectivity index (χ4v) is 4.95. The minimum Gasteiger partial charge on any atom is -0.497 e. The molecule has 0 spiro atoms. The van der Waals surface area contributed by atoms with Gasteiger partial charge in [0.05, 0.1) is 20.1 Å². The van der Waals surface area contributed by atoms with E-state index in [0.717, 1.165) is 5.56 Å². The van der Waals surface area contributed by atoms with Gasteiger partial charge in [0.25, 0.3) is 0 Å². The maximum absolute atomic E-state index is 13.0. The van der Waals surface area contributed by atoms with Crippen molar-refractivity contribution in [3.63, 3.8) is 0 Å². The van der Waals surface area contributed by atoms with Gasteiger partial charge in [0.1, 0.15) is 16.4 Å². The SMILES string of the molecule is COc1ccc(OC)c(S(=O)(=O)N2CC(c3nc(-c4cccc(Cl)c4)no3)C2)c1. The molecule has 0 aliphatic carbocycles. The Morgan fingerprint density at radius 2 is 1.93 bits per heavy atom. The molecular weight excluding hydrogens is 418 g/mol. The number of rotatable bonds is 6. The van der Waals surface area contributed by atoms with E-state index in [-0.39, 0.29) is 29.7 Å². The molecule has 1 aliphatic rings. The van der Waals surface area contributed by atoms with Crippen LogP contribution in [0.5, 0.6) is 11.5 Å². The molecule has 0 unspecified atom stereocenters. The number of hydrogen-bond acceptors (Lipinski definition) is 7. The van der Waals surface area contributed by atoms with Gasteiger partial charge in [0.2, 0.25) is 21.7 Å². The van der Waals surface area contributed by atoms with E-state index in [1.165, 1.54) is 24.6 Å². The Bertz CT molecular complexity index is 1140. The van der Waals surface area contributed by atoms with E-state index in [2.05, 4.69) is 10.1 Å². The van der Waals surface area contributed by atoms with E-state index in [4.69, 9.17) is 25.6 Å². The van der Waals surface area contributed by atoms with Gasteiger partial charge in [-0.1, -0.05) is 28.9 Å². The number of ether oxygens (including phenoxy) is 2. The molecular formula is C19H18ClN3O5S. The lowest BCUT2D eigenvalue weighted by Crippen LogP contribution is -2.48. The summed E-state index contributed by atoms with van der Waals surface area (Å²) in [5, 5.41) is 4.55. The summed E-state index contributed by atoms with van der Waals surface area (Å²) in [4.78, 5) is 4.45. The zero-order chi connectivity index (χ0) is 20.6. The number of aromatic nitrogens is 2. The molecule has 2 heterocycles. The lowest BCUT2D eigenvalue weighted by Gasteiger charge is -2.36. The first-order chi connectivity index (χ1) is 13.9. The zero-order valence-electron chi connectivity index (χ0n) is 15.7. The van der Waals surface area contributed by atoms with Crippen molar-refractivity contribution < 1.29 is 22.4 Å². The molecule has 0 radical (unpaired) electrons. The van der Waals surface area contributed by atoms with Crippen molar-refractivity contribution in [1.82, 2.24) is 14.4 Å². The standard InChI is InChI=1S/C19H18ClN3O5S/c1-26-15-6-7-16(27-2)17(9-15)29(24,25)23-10-13(11-23)19-21-18(22-28-19)12-4-3-5-14(20)8-12/h3-9,13H,10-11H2,1-2H3. The van der Waals surface area contributed by atoms with E-state index in [9.17, 15) is 8.42 Å². The predicted molar refractivity (Wildman–Crippen MR) is 106 cm³/mol. The average Bonchev–Trinajstić information content (AvgIpc) is 3.15. The summed E-state index contributed by atoms with van der Waals surface area (Å²) in [7, 11) is -0.845. The van der Waals surface area contributed by atoms with Gasteiger partial charge in [-0.25, -0.2) is 8.42 Å². The Labute approximate surface area is 173 Å². The van der Waals surface area contributed by atoms with Gasteiger partial charge in [-0.3, -0.25) is 0 Å². The van der Waals surface area contributed by atoms with Crippen molar-refractivity contribution in [2.45, 2.75) is 10.8 Å². The third kappa shape index (κ3) is 3.68. The quantitative estimate of drug-likeness (QED) is 0.586. The number of halogens is 1. The normalized spacial score (nSPS) is 15.1. The molecule has 1 aromatic heterocycles. The van der Waals surface area contributed by atoms with Crippen LogP contribution in [0.4, 0.5) is 0 Å². The molecule has 0 bridgehead atoms. The van der Waals surface area contributed by atoms with Gasteiger partial charge in [-0.15, -0.1) is 0 Å². The van der Waals surface area contributed by atoms with Crippen LogP contribution in [0.2, 0.25) is 5.02 Å². The van der Waals surface area contributed by atoms with Crippen molar-refractivity contribution in [3.8, 4) is 22.9 Å². The van der Waals surface area contributed by atoms with E-state index in [0.29, 0.717) is 22.5 Å². The first-order valence-corrected chi connectivity index (χ1v) is 10.6. The summed E-state index contributed by atoms with van der Waals surface area (Å²) in [5.74, 6) is 1.32. The zero-order valence-corrected chi connectivity index (χ0v) is 17.3. The largest absolute Gasteiger partial charge is 0.497 e. The number of methoxy groups -OCH3 is 2. The van der Waals surface area contributed by atoms with E-state index in [1.807, 2.05) is 6.07 Å². The Hall–Kier alpha value is -2.62. The number of benzene rings is 2. The fourth-order valence-electron chi connectivity index (χ4n) is 3.06. The first-order valence-electron chi connectivity index (χ1n) is 8.74. The highest BCUT2D eigenvalue weighted by Crippen LogP contribution is 2.36. The van der Waals surface area contributed by atoms with Crippen molar-refractivity contribution >= 4 is 21.6 Å². The molecule has 0 N–H and O–H groups in total. The number of hydrogen-bond donors (Lipinski definition) is 0. The third-order valence-electron chi connectivity index (χ3n) is 4.71. The summed E-state index contributed by atoms with van der Waals surface area (Å²) >= 11 is 6.00. The van der Waals surface area contributed by atoms with Gasteiger partial charge < -0.3 is 14.0 Å². The summed E-state index contributed by atoms with van der Waals surface area (Å²) in [6.07, 6.45) is 0. The van der Waals surface area contributed by atoms with Crippen molar-refractivity contribution in [1.29, 1.82) is 0 Å². The monoisotopic (exact) mass is 435 g/mol. The minimum atomic E-state index is -3.75. The molecule has 4 rings (SSSR count). The Morgan fingerprint density at radius 1 is 1.14 bits per heavy atom. The van der Waals surface area contributed by atoms with Crippen LogP contribution in [-0.4, -0.2) is 50.2 Å². The Morgan fingerprint density at radius 3 is 2.62 bits per heavy atom. The average molecular weight is 436 g/mol. The minimum absolute atomic E-state index is 0.0583. The van der Waals surface area contributed by atoms with Gasteiger partial charge in [0, 0.05) is 29.7 Å². The molecule has 3 aromatic rings. The van der Waals surface area contributed by atoms with E-state index < -0.39 is 10.0 Å². The molecule has 0 atom stereocenters. The second-order valence-corrected chi connectivity index (χ2v) is 8.85. The second kappa shape index (κ2) is 7.66. The summed E-state index contributed by atoms with van der Waals surface area (Å²) in [6, 6.07) is 11.8. The first kappa shape index (κ1) is 19.7. The fraction of sp³-hybridized carbons (Fsp3) is 0.263. The molecule has 0 amide bonds. The Kier molecular flexibility index (Phi) is 5.20. The molecule has 2 aromatic carbocycles. The topological polar surface area (TPSA) is 94.8 Å². The molecule has 8 nitrogen and oxygen atoms in total. The molecule has 29 heavy (non-hydrogen) atoms. The lowest BCUT2D eigenvalue weighted by molar-refractivity contribution is 0.216. The van der Waals surface area contributed by atoms with Gasteiger partial charge >= 0.3 is 0 Å². The summed E-state index contributed by atoms with van der Waals surface area (Å²) in [5.41, 5.74) is 0.734. The van der Waals surface area contributed by atoms with Crippen LogP contribution < -0.4 is 9.47 Å². The van der Waals surface area contributed by atoms with Crippen LogP contribution in [0.3, 0.4) is 0 Å². The van der Waals surface area contributed by atoms with Crippen LogP contribution in [0, 0.1) is 0 Å². The molecule has 1 saturated heterocycles. The third-order valence-corrected chi connectivity index (χ3v) is 6.80. The van der Waals surface area contributed by atoms with E-state index >= 15 is 0 Å². The lowest BCUT2D eigenvalue weighted by atomic mass is 10.0. The van der Waals surface area contributed by atoms with E-state index in [1.54, 1.807) is 30.3 Å². The number of nitrogens with zero attached hydrogens (tertiary/aromatic N) is 3. The maximum Gasteiger partial charge on any atom is 0.246 e. The highest BCUT2D eigenvalue weighted by Gasteiger charge is 2.41. The van der Waals surface area contributed by atoms with Crippen LogP contribution >= 0.6 is 11.6 Å². The van der Waals surface area contributed by atoms with Crippen LogP contribution in [0.1, 0.15) is 11.8 Å². The van der Waals surface area contributed by atoms with Crippen LogP contribution in [0.15, 0.2) is 51.9 Å². The molecule has 1 aliphatic heterocycles. The van der Waals surface area contributed by atoms with Gasteiger partial charge in [-0.05, 0) is 24.3 Å². The van der Waals surface area contributed by atoms with Crippen molar-refractivity contribution in [2.24, 2.45) is 0 Å². The second-order valence-electron chi connectivity index (χ2n) is 6.50. The van der Waals surface area contributed by atoms with Crippen molar-refractivity contribution in [2.75, 3.05) is 27.3 Å². The smallest absolute Gasteiger partial charge is 0.246 e. The summed E-state index contributed by atoms with van der Waals surface area (Å²) < 4.78 is 43.1. The van der Waals surface area contributed by atoms with Gasteiger partial charge in [0.15, 0.2) is 0 Å². The highest BCUT2D eigenvalue weighted by molar-refractivity contribution is 7.89. The van der Waals surface area contributed by atoms with Gasteiger partial charge in [-0.2, -0.15) is 9.29 Å². The van der Waals surface area contributed by atoms with Crippen LogP contribution in [0.25, 0.3) is 11.4 Å². The molecule has 0 saturated carbocycles.